The Hall–Kier alpha value is -3.12. The van der Waals surface area contributed by atoms with Crippen molar-refractivity contribution in [2.75, 3.05) is 19.7 Å². The van der Waals surface area contributed by atoms with Crippen LogP contribution in [0.2, 0.25) is 0 Å². The molecule has 3 aromatic rings. The van der Waals surface area contributed by atoms with Crippen molar-refractivity contribution in [2.45, 2.75) is 25.9 Å². The van der Waals surface area contributed by atoms with Crippen LogP contribution in [0, 0.1) is 16.7 Å². The van der Waals surface area contributed by atoms with Crippen molar-refractivity contribution in [1.29, 1.82) is 5.26 Å². The molecule has 0 bridgehead atoms. The van der Waals surface area contributed by atoms with Gasteiger partial charge in [0.05, 0.1) is 17.9 Å². The van der Waals surface area contributed by atoms with Gasteiger partial charge in [0.1, 0.15) is 17.5 Å². The molecule has 9 heteroatoms. The zero-order valence-corrected chi connectivity index (χ0v) is 17.3. The highest BCUT2D eigenvalue weighted by molar-refractivity contribution is 5.91. The molecule has 31 heavy (non-hydrogen) atoms. The van der Waals surface area contributed by atoms with Crippen LogP contribution in [0.25, 0.3) is 22.3 Å². The molecule has 6 nitrogen and oxygen atoms in total. The van der Waals surface area contributed by atoms with Gasteiger partial charge in [-0.2, -0.15) is 18.4 Å². The maximum Gasteiger partial charge on any atom is 0.419 e. The summed E-state index contributed by atoms with van der Waals surface area (Å²) in [5, 5.41) is 13.1. The number of ether oxygens (including phenoxy) is 1. The summed E-state index contributed by atoms with van der Waals surface area (Å²) >= 11 is 0. The topological polar surface area (TPSA) is 75.8 Å². The molecule has 3 heterocycles. The van der Waals surface area contributed by atoms with Crippen molar-refractivity contribution in [3.05, 3.63) is 41.9 Å². The lowest BCUT2D eigenvalue weighted by atomic mass is 9.82. The Kier molecular flexibility index (Phi) is 5.35. The number of piperidine rings is 1. The summed E-state index contributed by atoms with van der Waals surface area (Å²) in [6.07, 6.45) is -1.18. The van der Waals surface area contributed by atoms with Crippen LogP contribution in [-0.2, 0) is 13.2 Å². The van der Waals surface area contributed by atoms with E-state index in [9.17, 15) is 18.4 Å². The minimum atomic E-state index is -4.60. The SMILES string of the molecule is Cn1ccc2c(-c3ccc(OCC4(C)CCNCC4)c(C(F)(F)F)c3)nc(C#N)nc21. The minimum absolute atomic E-state index is 0.1000. The van der Waals surface area contributed by atoms with Crippen LogP contribution in [0.15, 0.2) is 30.5 Å². The Morgan fingerprint density at radius 3 is 2.65 bits per heavy atom. The third-order valence-corrected chi connectivity index (χ3v) is 5.77. The van der Waals surface area contributed by atoms with E-state index in [4.69, 9.17) is 4.74 Å². The van der Waals surface area contributed by atoms with Crippen LogP contribution in [0.3, 0.4) is 0 Å². The predicted octanol–water partition coefficient (Wildman–Crippen LogP) is 4.29. The molecule has 1 aliphatic heterocycles. The molecule has 1 fully saturated rings. The van der Waals surface area contributed by atoms with Gasteiger partial charge in [0.15, 0.2) is 0 Å². The first kappa shape index (κ1) is 21.1. The van der Waals surface area contributed by atoms with E-state index in [0.717, 1.165) is 32.0 Å². The van der Waals surface area contributed by atoms with Crippen molar-refractivity contribution in [3.8, 4) is 23.1 Å². The van der Waals surface area contributed by atoms with Crippen LogP contribution in [-0.4, -0.2) is 34.2 Å². The fraction of sp³-hybridized carbons (Fsp3) is 0.409. The summed E-state index contributed by atoms with van der Waals surface area (Å²) in [5.41, 5.74) is -0.0115. The summed E-state index contributed by atoms with van der Waals surface area (Å²) < 4.78 is 49.1. The van der Waals surface area contributed by atoms with Crippen LogP contribution in [0.5, 0.6) is 5.75 Å². The molecule has 1 aromatic carbocycles. The van der Waals surface area contributed by atoms with Crippen LogP contribution < -0.4 is 10.1 Å². The molecule has 0 spiro atoms. The summed E-state index contributed by atoms with van der Waals surface area (Å²) in [6, 6.07) is 7.52. The third-order valence-electron chi connectivity index (χ3n) is 5.77. The van der Waals surface area contributed by atoms with Gasteiger partial charge in [0, 0.05) is 29.6 Å². The van der Waals surface area contributed by atoms with Crippen LogP contribution in [0.4, 0.5) is 13.2 Å². The molecular formula is C22H22F3N5O. The van der Waals surface area contributed by atoms with E-state index in [2.05, 4.69) is 15.3 Å². The second kappa shape index (κ2) is 7.85. The van der Waals surface area contributed by atoms with Gasteiger partial charge in [0.25, 0.3) is 0 Å². The molecule has 0 atom stereocenters. The Morgan fingerprint density at radius 1 is 1.23 bits per heavy atom. The Bertz CT molecular complexity index is 1160. The van der Waals surface area contributed by atoms with Gasteiger partial charge in [-0.05, 0) is 50.2 Å². The second-order valence-corrected chi connectivity index (χ2v) is 8.23. The number of rotatable bonds is 4. The van der Waals surface area contributed by atoms with E-state index in [-0.39, 0.29) is 34.9 Å². The first-order valence-electron chi connectivity index (χ1n) is 9.98. The molecule has 0 unspecified atom stereocenters. The Balaban J connectivity index is 1.75. The quantitative estimate of drug-likeness (QED) is 0.670. The van der Waals surface area contributed by atoms with Crippen LogP contribution in [0.1, 0.15) is 31.2 Å². The van der Waals surface area contributed by atoms with E-state index in [1.54, 1.807) is 29.9 Å². The van der Waals surface area contributed by atoms with E-state index in [0.29, 0.717) is 11.0 Å². The number of nitriles is 1. The lowest BCUT2D eigenvalue weighted by Crippen LogP contribution is -2.38. The van der Waals surface area contributed by atoms with Gasteiger partial charge in [-0.3, -0.25) is 0 Å². The molecule has 0 saturated carbocycles. The number of benzene rings is 1. The lowest BCUT2D eigenvalue weighted by Gasteiger charge is -2.34. The molecule has 1 saturated heterocycles. The van der Waals surface area contributed by atoms with Crippen molar-refractivity contribution < 1.29 is 17.9 Å². The highest BCUT2D eigenvalue weighted by Gasteiger charge is 2.36. The maximum absolute atomic E-state index is 13.9. The third kappa shape index (κ3) is 4.21. The van der Waals surface area contributed by atoms with Gasteiger partial charge >= 0.3 is 6.18 Å². The Labute approximate surface area is 177 Å². The molecule has 1 N–H and O–H groups in total. The van der Waals surface area contributed by atoms with Gasteiger partial charge in [-0.25, -0.2) is 9.97 Å². The highest BCUT2D eigenvalue weighted by atomic mass is 19.4. The number of nitrogens with one attached hydrogen (secondary N) is 1. The van der Waals surface area contributed by atoms with E-state index in [1.807, 2.05) is 13.0 Å². The van der Waals surface area contributed by atoms with Gasteiger partial charge in [-0.1, -0.05) is 6.92 Å². The van der Waals surface area contributed by atoms with Crippen molar-refractivity contribution in [3.63, 3.8) is 0 Å². The maximum atomic E-state index is 13.9. The Morgan fingerprint density at radius 2 is 1.97 bits per heavy atom. The summed E-state index contributed by atoms with van der Waals surface area (Å²) in [7, 11) is 1.75. The summed E-state index contributed by atoms with van der Waals surface area (Å²) in [5.74, 6) is -0.299. The first-order valence-corrected chi connectivity index (χ1v) is 9.98. The van der Waals surface area contributed by atoms with Crippen molar-refractivity contribution in [2.24, 2.45) is 12.5 Å². The molecule has 162 valence electrons. The molecule has 2 aromatic heterocycles. The summed E-state index contributed by atoms with van der Waals surface area (Å²) in [4.78, 5) is 8.34. The van der Waals surface area contributed by atoms with Crippen molar-refractivity contribution in [1.82, 2.24) is 19.9 Å². The normalized spacial score (nSPS) is 16.3. The van der Waals surface area contributed by atoms with Crippen molar-refractivity contribution >= 4 is 11.0 Å². The monoisotopic (exact) mass is 429 g/mol. The fourth-order valence-electron chi connectivity index (χ4n) is 3.86. The largest absolute Gasteiger partial charge is 0.492 e. The molecule has 4 rings (SSSR count). The van der Waals surface area contributed by atoms with Gasteiger partial charge < -0.3 is 14.6 Å². The average Bonchev–Trinajstić information content (AvgIpc) is 3.12. The molecule has 0 amide bonds. The summed E-state index contributed by atoms with van der Waals surface area (Å²) in [6.45, 7) is 3.90. The second-order valence-electron chi connectivity index (χ2n) is 8.23. The lowest BCUT2D eigenvalue weighted by molar-refractivity contribution is -0.139. The average molecular weight is 429 g/mol. The number of aryl methyl sites for hydroxylation is 1. The van der Waals surface area contributed by atoms with Gasteiger partial charge in [0.2, 0.25) is 5.82 Å². The van der Waals surface area contributed by atoms with E-state index in [1.165, 1.54) is 6.07 Å². The van der Waals surface area contributed by atoms with Crippen LogP contribution >= 0.6 is 0 Å². The number of nitrogens with zero attached hydrogens (tertiary/aromatic N) is 4. The minimum Gasteiger partial charge on any atom is -0.492 e. The number of halogens is 3. The molecule has 0 aliphatic carbocycles. The molecular weight excluding hydrogens is 407 g/mol. The number of aromatic nitrogens is 3. The van der Waals surface area contributed by atoms with Gasteiger partial charge in [-0.15, -0.1) is 0 Å². The number of hydrogen-bond acceptors (Lipinski definition) is 5. The number of fused-ring (bicyclic) bond motifs is 1. The number of alkyl halides is 3. The zero-order valence-electron chi connectivity index (χ0n) is 17.3. The molecule has 0 radical (unpaired) electrons. The standard InChI is InChI=1S/C22H22F3N5O/c1-21(6-8-27-9-7-21)13-31-17-4-3-14(11-16(17)22(23,24)25)19-15-5-10-30(2)20(15)29-18(12-26)28-19/h3-5,10-11,27H,6-9,13H2,1-2H3. The predicted molar refractivity (Wildman–Crippen MR) is 109 cm³/mol. The molecule has 1 aliphatic rings. The highest BCUT2D eigenvalue weighted by Crippen LogP contribution is 2.40. The number of hydrogen-bond donors (Lipinski definition) is 1. The smallest absolute Gasteiger partial charge is 0.419 e. The first-order chi connectivity index (χ1) is 14.7. The fourth-order valence-corrected chi connectivity index (χ4v) is 3.86. The van der Waals surface area contributed by atoms with E-state index >= 15 is 0 Å². The van der Waals surface area contributed by atoms with E-state index < -0.39 is 11.7 Å². The zero-order chi connectivity index (χ0) is 22.2.